The number of rotatable bonds is 8. The number of halogens is 1. The first kappa shape index (κ1) is 20.5. The zero-order valence-corrected chi connectivity index (χ0v) is 16.9. The van der Waals surface area contributed by atoms with Crippen molar-refractivity contribution in [1.29, 1.82) is 0 Å². The Hall–Kier alpha value is -1.57. The van der Waals surface area contributed by atoms with Gasteiger partial charge in [-0.3, -0.25) is 0 Å². The third-order valence-electron chi connectivity index (χ3n) is 3.58. The molecule has 0 aliphatic rings. The van der Waals surface area contributed by atoms with Crippen LogP contribution in [0.2, 0.25) is 0 Å². The lowest BCUT2D eigenvalue weighted by Crippen LogP contribution is -2.37. The molecule has 0 radical (unpaired) electrons. The lowest BCUT2D eigenvalue weighted by atomic mass is 10.1. The monoisotopic (exact) mass is 441 g/mol. The molecule has 0 unspecified atom stereocenters. The average molecular weight is 441 g/mol. The highest BCUT2D eigenvalue weighted by Crippen LogP contribution is 2.06. The molecule has 1 heterocycles. The first-order chi connectivity index (χ1) is 11.3. The third-order valence-corrected chi connectivity index (χ3v) is 3.58. The van der Waals surface area contributed by atoms with E-state index < -0.39 is 0 Å². The largest absolute Gasteiger partial charge is 0.357 e. The van der Waals surface area contributed by atoms with Crippen molar-refractivity contribution in [2.75, 3.05) is 13.1 Å². The molecule has 0 saturated heterocycles. The minimum absolute atomic E-state index is 0. The summed E-state index contributed by atoms with van der Waals surface area (Å²) in [4.78, 5) is 9.02. The van der Waals surface area contributed by atoms with Gasteiger partial charge in [-0.25, -0.2) is 9.98 Å². The summed E-state index contributed by atoms with van der Waals surface area (Å²) in [5.41, 5.74) is 1.38. The molecule has 1 aromatic heterocycles. The Morgan fingerprint density at radius 1 is 1.12 bits per heavy atom. The highest BCUT2D eigenvalue weighted by molar-refractivity contribution is 14.0. The molecule has 6 heteroatoms. The smallest absolute Gasteiger partial charge is 0.191 e. The molecule has 5 nitrogen and oxygen atoms in total. The summed E-state index contributed by atoms with van der Waals surface area (Å²) in [5, 5.41) is 6.46. The standard InChI is InChI=1S/C18H27N5.HI/c1-3-19-18(20-4-2)22-15-17-21-12-14-23(17)13-8-11-16-9-6-5-7-10-16;/h5-7,9-10,12,14H,3-4,8,11,13,15H2,1-2H3,(H2,19,20,22);1H. The van der Waals surface area contributed by atoms with Crippen LogP contribution in [-0.4, -0.2) is 28.6 Å². The third kappa shape index (κ3) is 6.90. The molecule has 24 heavy (non-hydrogen) atoms. The second kappa shape index (κ2) is 11.9. The predicted molar refractivity (Wildman–Crippen MR) is 111 cm³/mol. The fraction of sp³-hybridized carbons (Fsp3) is 0.444. The zero-order chi connectivity index (χ0) is 16.3. The Kier molecular flexibility index (Phi) is 10.1. The number of guanidine groups is 1. The molecule has 0 aliphatic carbocycles. The molecule has 0 saturated carbocycles. The summed E-state index contributed by atoms with van der Waals surface area (Å²) >= 11 is 0. The fourth-order valence-electron chi connectivity index (χ4n) is 2.45. The SMILES string of the molecule is CCNC(=NCc1nccn1CCCc1ccccc1)NCC.I. The Morgan fingerprint density at radius 3 is 2.50 bits per heavy atom. The van der Waals surface area contributed by atoms with Crippen LogP contribution in [0, 0.1) is 0 Å². The van der Waals surface area contributed by atoms with Gasteiger partial charge in [0.1, 0.15) is 12.4 Å². The van der Waals surface area contributed by atoms with Crippen LogP contribution in [0.4, 0.5) is 0 Å². The van der Waals surface area contributed by atoms with Gasteiger partial charge >= 0.3 is 0 Å². The normalized spacial score (nSPS) is 9.92. The lowest BCUT2D eigenvalue weighted by molar-refractivity contribution is 0.610. The molecular formula is C18H28IN5. The Labute approximate surface area is 162 Å². The van der Waals surface area contributed by atoms with Gasteiger partial charge in [-0.2, -0.15) is 0 Å². The van der Waals surface area contributed by atoms with E-state index >= 15 is 0 Å². The Morgan fingerprint density at radius 2 is 1.83 bits per heavy atom. The second-order valence-corrected chi connectivity index (χ2v) is 5.35. The number of imidazole rings is 1. The molecule has 0 fully saturated rings. The van der Waals surface area contributed by atoms with E-state index in [1.807, 2.05) is 12.4 Å². The maximum atomic E-state index is 4.58. The van der Waals surface area contributed by atoms with Crippen LogP contribution in [0.3, 0.4) is 0 Å². The summed E-state index contributed by atoms with van der Waals surface area (Å²) in [6, 6.07) is 10.6. The van der Waals surface area contributed by atoms with Gasteiger partial charge in [0.15, 0.2) is 5.96 Å². The van der Waals surface area contributed by atoms with Gasteiger partial charge in [0.25, 0.3) is 0 Å². The number of hydrogen-bond acceptors (Lipinski definition) is 2. The topological polar surface area (TPSA) is 54.2 Å². The van der Waals surface area contributed by atoms with Crippen molar-refractivity contribution >= 4 is 29.9 Å². The average Bonchev–Trinajstić information content (AvgIpc) is 3.01. The number of hydrogen-bond donors (Lipinski definition) is 2. The van der Waals surface area contributed by atoms with Crippen molar-refractivity contribution in [1.82, 2.24) is 20.2 Å². The maximum Gasteiger partial charge on any atom is 0.191 e. The summed E-state index contributed by atoms with van der Waals surface area (Å²) in [5.74, 6) is 1.85. The van der Waals surface area contributed by atoms with Gasteiger partial charge in [0.2, 0.25) is 0 Å². The van der Waals surface area contributed by atoms with Crippen LogP contribution >= 0.6 is 24.0 Å². The maximum absolute atomic E-state index is 4.58. The summed E-state index contributed by atoms with van der Waals surface area (Å²) in [6.45, 7) is 7.41. The molecule has 0 aliphatic heterocycles. The van der Waals surface area contributed by atoms with E-state index in [4.69, 9.17) is 0 Å². The first-order valence-electron chi connectivity index (χ1n) is 8.39. The number of nitrogens with zero attached hydrogens (tertiary/aromatic N) is 3. The Bertz CT molecular complexity index is 586. The van der Waals surface area contributed by atoms with E-state index in [2.05, 4.69) is 69.4 Å². The van der Waals surface area contributed by atoms with E-state index in [0.717, 1.165) is 44.3 Å². The van der Waals surface area contributed by atoms with Crippen molar-refractivity contribution in [3.05, 3.63) is 54.1 Å². The van der Waals surface area contributed by atoms with E-state index in [-0.39, 0.29) is 24.0 Å². The minimum atomic E-state index is 0. The molecule has 2 N–H and O–H groups in total. The Balaban J connectivity index is 0.00000288. The molecule has 0 amide bonds. The molecule has 0 spiro atoms. The van der Waals surface area contributed by atoms with Gasteiger partial charge in [0.05, 0.1) is 0 Å². The van der Waals surface area contributed by atoms with Crippen LogP contribution < -0.4 is 10.6 Å². The summed E-state index contributed by atoms with van der Waals surface area (Å²) in [7, 11) is 0. The molecule has 1 aromatic carbocycles. The van der Waals surface area contributed by atoms with E-state index in [9.17, 15) is 0 Å². The van der Waals surface area contributed by atoms with Crippen molar-refractivity contribution in [2.24, 2.45) is 4.99 Å². The van der Waals surface area contributed by atoms with Crippen LogP contribution in [0.1, 0.15) is 31.7 Å². The van der Waals surface area contributed by atoms with Gasteiger partial charge in [-0.15, -0.1) is 24.0 Å². The molecular weight excluding hydrogens is 413 g/mol. The minimum Gasteiger partial charge on any atom is -0.357 e. The highest BCUT2D eigenvalue weighted by Gasteiger charge is 2.03. The van der Waals surface area contributed by atoms with Crippen LogP contribution in [0.15, 0.2) is 47.7 Å². The van der Waals surface area contributed by atoms with Crippen LogP contribution in [0.5, 0.6) is 0 Å². The quantitative estimate of drug-likeness (QED) is 0.376. The number of aromatic nitrogens is 2. The van der Waals surface area contributed by atoms with Gasteiger partial charge in [-0.05, 0) is 32.3 Å². The van der Waals surface area contributed by atoms with Gasteiger partial charge in [0, 0.05) is 32.0 Å². The predicted octanol–water partition coefficient (Wildman–Crippen LogP) is 3.21. The molecule has 0 bridgehead atoms. The number of aryl methyl sites for hydroxylation is 2. The summed E-state index contributed by atoms with van der Waals surface area (Å²) < 4.78 is 2.20. The molecule has 132 valence electrons. The van der Waals surface area contributed by atoms with E-state index in [1.165, 1.54) is 5.56 Å². The molecule has 0 atom stereocenters. The van der Waals surface area contributed by atoms with Crippen molar-refractivity contribution < 1.29 is 0 Å². The van der Waals surface area contributed by atoms with E-state index in [0.29, 0.717) is 6.54 Å². The van der Waals surface area contributed by atoms with Crippen molar-refractivity contribution in [3.8, 4) is 0 Å². The molecule has 2 aromatic rings. The molecule has 2 rings (SSSR count). The van der Waals surface area contributed by atoms with Crippen LogP contribution in [-0.2, 0) is 19.5 Å². The van der Waals surface area contributed by atoms with Gasteiger partial charge < -0.3 is 15.2 Å². The number of benzene rings is 1. The zero-order valence-electron chi connectivity index (χ0n) is 14.5. The second-order valence-electron chi connectivity index (χ2n) is 5.35. The van der Waals surface area contributed by atoms with E-state index in [1.54, 1.807) is 0 Å². The summed E-state index contributed by atoms with van der Waals surface area (Å²) in [6.07, 6.45) is 6.08. The van der Waals surface area contributed by atoms with Crippen LogP contribution in [0.25, 0.3) is 0 Å². The first-order valence-corrected chi connectivity index (χ1v) is 8.39. The number of aliphatic imine (C=N–C) groups is 1. The van der Waals surface area contributed by atoms with Crippen molar-refractivity contribution in [2.45, 2.75) is 39.8 Å². The highest BCUT2D eigenvalue weighted by atomic mass is 127. The number of nitrogens with one attached hydrogen (secondary N) is 2. The van der Waals surface area contributed by atoms with Crippen molar-refractivity contribution in [3.63, 3.8) is 0 Å². The fourth-order valence-corrected chi connectivity index (χ4v) is 2.45. The van der Waals surface area contributed by atoms with Gasteiger partial charge in [-0.1, -0.05) is 30.3 Å². The lowest BCUT2D eigenvalue weighted by Gasteiger charge is -2.10.